The van der Waals surface area contributed by atoms with Crippen molar-refractivity contribution in [2.45, 2.75) is 37.5 Å². The van der Waals surface area contributed by atoms with Crippen LogP contribution in [-0.4, -0.2) is 53.1 Å². The average molecular weight is 482 g/mol. The lowest BCUT2D eigenvalue weighted by molar-refractivity contribution is 0.00655. The van der Waals surface area contributed by atoms with Crippen molar-refractivity contribution in [2.24, 2.45) is 5.73 Å². The lowest BCUT2D eigenvalue weighted by Gasteiger charge is -2.43. The Balaban J connectivity index is 1.87. The average Bonchev–Trinajstić information content (AvgIpc) is 3.21. The number of anilines is 1. The van der Waals surface area contributed by atoms with E-state index in [2.05, 4.69) is 15.2 Å². The quantitative estimate of drug-likeness (QED) is 0.584. The number of alkyl halides is 3. The number of carbonyl (C=O) groups excluding carboxylic acids is 2. The molecule has 0 saturated carbocycles. The van der Waals surface area contributed by atoms with Gasteiger partial charge in [-0.25, -0.2) is 22.4 Å². The van der Waals surface area contributed by atoms with Gasteiger partial charge in [0, 0.05) is 37.0 Å². The van der Waals surface area contributed by atoms with Gasteiger partial charge in [0.25, 0.3) is 12.3 Å². The number of ether oxygens (including phenoxy) is 1. The van der Waals surface area contributed by atoms with Crippen molar-refractivity contribution in [1.82, 2.24) is 14.7 Å². The lowest BCUT2D eigenvalue weighted by Crippen LogP contribution is -2.54. The molecule has 2 amide bonds. The molecule has 1 aliphatic heterocycles. The standard InChI is InChI=1S/C21H22F4N6O3/c1-34-20(33)28-19-14(18(27)32)10-31(29-19)21(4-6-26)5-7-30(11-16(21)23)9-13-8-12(17(24)25)2-3-15(13)22/h2-3,8,10,16-17H,4-5,7,9,11H2,1H3,(H2,27,32)(H,28,29,33). The number of hydrogen-bond donors (Lipinski definition) is 2. The summed E-state index contributed by atoms with van der Waals surface area (Å²) in [5.41, 5.74) is 3.29. The molecule has 2 heterocycles. The first-order valence-corrected chi connectivity index (χ1v) is 10.2. The maximum atomic E-state index is 15.6. The van der Waals surface area contributed by atoms with Crippen LogP contribution in [0.3, 0.4) is 0 Å². The Morgan fingerprint density at radius 3 is 2.76 bits per heavy atom. The van der Waals surface area contributed by atoms with E-state index in [-0.39, 0.29) is 55.0 Å². The van der Waals surface area contributed by atoms with E-state index in [1.165, 1.54) is 0 Å². The number of carbonyl (C=O) groups is 2. The van der Waals surface area contributed by atoms with Gasteiger partial charge in [-0.1, -0.05) is 6.07 Å². The predicted molar refractivity (Wildman–Crippen MR) is 111 cm³/mol. The monoisotopic (exact) mass is 482 g/mol. The van der Waals surface area contributed by atoms with Crippen LogP contribution in [0.2, 0.25) is 0 Å². The summed E-state index contributed by atoms with van der Waals surface area (Å²) in [6.07, 6.45) is -4.57. The van der Waals surface area contributed by atoms with E-state index in [0.717, 1.165) is 36.2 Å². The van der Waals surface area contributed by atoms with Crippen LogP contribution >= 0.6 is 0 Å². The highest BCUT2D eigenvalue weighted by Crippen LogP contribution is 2.37. The molecule has 1 aromatic heterocycles. The first-order valence-electron chi connectivity index (χ1n) is 10.2. The largest absolute Gasteiger partial charge is 0.453 e. The molecule has 3 N–H and O–H groups in total. The number of piperidine rings is 1. The molecule has 2 aromatic rings. The number of nitrogens with zero attached hydrogens (tertiary/aromatic N) is 4. The van der Waals surface area contributed by atoms with Crippen LogP contribution in [-0.2, 0) is 16.8 Å². The molecule has 0 bridgehead atoms. The number of primary amides is 1. The van der Waals surface area contributed by atoms with Crippen LogP contribution in [0.25, 0.3) is 0 Å². The van der Waals surface area contributed by atoms with Gasteiger partial charge in [0.15, 0.2) is 5.82 Å². The molecule has 34 heavy (non-hydrogen) atoms. The normalized spacial score (nSPS) is 20.7. The van der Waals surface area contributed by atoms with Crippen molar-refractivity contribution in [3.05, 3.63) is 46.9 Å². The minimum atomic E-state index is -2.77. The Kier molecular flexibility index (Phi) is 7.41. The van der Waals surface area contributed by atoms with Gasteiger partial charge in [-0.3, -0.25) is 19.7 Å². The maximum Gasteiger partial charge on any atom is 0.412 e. The Hall–Kier alpha value is -3.66. The zero-order valence-electron chi connectivity index (χ0n) is 18.1. The Morgan fingerprint density at radius 2 is 2.18 bits per heavy atom. The molecule has 13 heteroatoms. The van der Waals surface area contributed by atoms with Crippen LogP contribution < -0.4 is 11.1 Å². The van der Waals surface area contributed by atoms with Gasteiger partial charge < -0.3 is 10.5 Å². The van der Waals surface area contributed by atoms with E-state index in [4.69, 9.17) is 5.73 Å². The molecule has 2 unspecified atom stereocenters. The Morgan fingerprint density at radius 1 is 1.44 bits per heavy atom. The number of nitriles is 1. The van der Waals surface area contributed by atoms with Crippen molar-refractivity contribution in [3.8, 4) is 6.07 Å². The van der Waals surface area contributed by atoms with Gasteiger partial charge in [-0.05, 0) is 18.6 Å². The summed E-state index contributed by atoms with van der Waals surface area (Å²) in [5, 5.41) is 15.7. The number of methoxy groups -OCH3 is 1. The molecule has 182 valence electrons. The summed E-state index contributed by atoms with van der Waals surface area (Å²) in [7, 11) is 1.10. The molecule has 3 rings (SSSR count). The number of amides is 2. The summed E-state index contributed by atoms with van der Waals surface area (Å²) in [6.45, 7) is -0.201. The second-order valence-electron chi connectivity index (χ2n) is 7.86. The smallest absolute Gasteiger partial charge is 0.412 e. The fourth-order valence-corrected chi connectivity index (χ4v) is 3.93. The van der Waals surface area contributed by atoms with Crippen molar-refractivity contribution in [3.63, 3.8) is 0 Å². The first kappa shape index (κ1) is 25.0. The number of rotatable bonds is 7. The van der Waals surface area contributed by atoms with Crippen molar-refractivity contribution < 1.29 is 31.9 Å². The zero-order valence-corrected chi connectivity index (χ0v) is 18.1. The van der Waals surface area contributed by atoms with E-state index >= 15 is 4.39 Å². The Labute approximate surface area is 192 Å². The third-order valence-corrected chi connectivity index (χ3v) is 5.81. The molecule has 1 aromatic carbocycles. The highest BCUT2D eigenvalue weighted by atomic mass is 19.3. The topological polar surface area (TPSA) is 126 Å². The molecular weight excluding hydrogens is 460 g/mol. The lowest BCUT2D eigenvalue weighted by atomic mass is 9.83. The summed E-state index contributed by atoms with van der Waals surface area (Å²) in [6, 6.07) is 4.90. The number of benzene rings is 1. The number of hydrogen-bond acceptors (Lipinski definition) is 6. The zero-order chi connectivity index (χ0) is 25.0. The summed E-state index contributed by atoms with van der Waals surface area (Å²) in [5.74, 6) is -1.88. The molecule has 0 spiro atoms. The number of halogens is 4. The fraction of sp³-hybridized carbons (Fsp3) is 0.429. The van der Waals surface area contributed by atoms with E-state index in [0.29, 0.717) is 0 Å². The molecule has 2 atom stereocenters. The summed E-state index contributed by atoms with van der Waals surface area (Å²) in [4.78, 5) is 24.9. The fourth-order valence-electron chi connectivity index (χ4n) is 3.93. The Bertz CT molecular complexity index is 1120. The van der Waals surface area contributed by atoms with E-state index in [1.807, 2.05) is 6.07 Å². The van der Waals surface area contributed by atoms with E-state index < -0.39 is 36.0 Å². The minimum absolute atomic E-state index is 0.00236. The number of aromatic nitrogens is 2. The molecule has 1 fully saturated rings. The third kappa shape index (κ3) is 4.96. The first-order chi connectivity index (χ1) is 16.1. The van der Waals surface area contributed by atoms with Crippen LogP contribution in [0.4, 0.5) is 28.2 Å². The predicted octanol–water partition coefficient (Wildman–Crippen LogP) is 3.09. The summed E-state index contributed by atoms with van der Waals surface area (Å²) >= 11 is 0. The maximum absolute atomic E-state index is 15.6. The molecule has 0 radical (unpaired) electrons. The number of likely N-dealkylation sites (tertiary alicyclic amines) is 1. The summed E-state index contributed by atoms with van der Waals surface area (Å²) < 4.78 is 61.3. The molecule has 1 saturated heterocycles. The third-order valence-electron chi connectivity index (χ3n) is 5.81. The van der Waals surface area contributed by atoms with Gasteiger partial charge in [0.05, 0.1) is 19.6 Å². The second-order valence-corrected chi connectivity index (χ2v) is 7.86. The van der Waals surface area contributed by atoms with E-state index in [1.54, 1.807) is 4.90 Å². The van der Waals surface area contributed by atoms with Crippen molar-refractivity contribution in [1.29, 1.82) is 5.26 Å². The SMILES string of the molecule is COC(=O)Nc1nn(C2(CC#N)CCN(Cc3cc(C(F)F)ccc3F)CC2F)cc1C(N)=O. The highest BCUT2D eigenvalue weighted by molar-refractivity contribution is 6.00. The van der Waals surface area contributed by atoms with Gasteiger partial charge in [-0.2, -0.15) is 10.4 Å². The van der Waals surface area contributed by atoms with Crippen LogP contribution in [0.5, 0.6) is 0 Å². The second kappa shape index (κ2) is 10.1. The molecular formula is C21H22F4N6O3. The van der Waals surface area contributed by atoms with Crippen molar-refractivity contribution >= 4 is 17.8 Å². The van der Waals surface area contributed by atoms with Gasteiger partial charge in [-0.15, -0.1) is 0 Å². The van der Waals surface area contributed by atoms with Gasteiger partial charge in [0.2, 0.25) is 0 Å². The van der Waals surface area contributed by atoms with Gasteiger partial charge in [0.1, 0.15) is 23.1 Å². The van der Waals surface area contributed by atoms with Crippen molar-refractivity contribution in [2.75, 3.05) is 25.5 Å². The van der Waals surface area contributed by atoms with Crippen LogP contribution in [0, 0.1) is 17.1 Å². The number of nitrogens with one attached hydrogen (secondary N) is 1. The highest BCUT2D eigenvalue weighted by Gasteiger charge is 2.46. The minimum Gasteiger partial charge on any atom is -0.453 e. The molecule has 0 aliphatic carbocycles. The van der Waals surface area contributed by atoms with Gasteiger partial charge >= 0.3 is 6.09 Å². The van der Waals surface area contributed by atoms with E-state index in [9.17, 15) is 28.0 Å². The van der Waals surface area contributed by atoms with Crippen LogP contribution in [0.1, 0.15) is 40.8 Å². The molecule has 1 aliphatic rings. The number of nitrogens with two attached hydrogens (primary N) is 1. The molecule has 9 nitrogen and oxygen atoms in total. The van der Waals surface area contributed by atoms with Crippen LogP contribution in [0.15, 0.2) is 24.4 Å².